The van der Waals surface area contributed by atoms with Crippen LogP contribution >= 0.6 is 11.3 Å². The van der Waals surface area contributed by atoms with Crippen LogP contribution in [0.3, 0.4) is 0 Å². The van der Waals surface area contributed by atoms with Gasteiger partial charge in [0.2, 0.25) is 0 Å². The first-order valence-electron chi connectivity index (χ1n) is 9.39. The number of benzene rings is 1. The lowest BCUT2D eigenvalue weighted by molar-refractivity contribution is -0.167. The summed E-state index contributed by atoms with van der Waals surface area (Å²) in [6, 6.07) is 9.79. The minimum absolute atomic E-state index is 0.0625. The largest absolute Gasteiger partial charge is 0.471 e. The molecule has 0 radical (unpaired) electrons. The van der Waals surface area contributed by atoms with E-state index in [1.807, 2.05) is 11.4 Å². The number of amides is 2. The summed E-state index contributed by atoms with van der Waals surface area (Å²) in [6.07, 6.45) is -2.70. The number of thiophene rings is 1. The SMILES string of the molecule is O=C(NC1CC2CCN(C2)C1)c1ccc(-c2ccc(NC(=O)C(F)(F)F)cc2)s1. The van der Waals surface area contributed by atoms with Crippen LogP contribution in [0.2, 0.25) is 0 Å². The van der Waals surface area contributed by atoms with Crippen molar-refractivity contribution in [3.63, 3.8) is 0 Å². The highest BCUT2D eigenvalue weighted by Gasteiger charge is 2.38. The number of hydrogen-bond acceptors (Lipinski definition) is 4. The Balaban J connectivity index is 1.38. The number of nitrogens with zero attached hydrogens (tertiary/aromatic N) is 1. The quantitative estimate of drug-likeness (QED) is 0.788. The van der Waals surface area contributed by atoms with Crippen molar-refractivity contribution in [2.45, 2.75) is 25.1 Å². The topological polar surface area (TPSA) is 61.4 Å². The first-order chi connectivity index (χ1) is 13.8. The summed E-state index contributed by atoms with van der Waals surface area (Å²) in [5.41, 5.74) is 0.827. The van der Waals surface area contributed by atoms with Crippen LogP contribution in [0, 0.1) is 5.92 Å². The fourth-order valence-corrected chi connectivity index (χ4v) is 4.87. The maximum Gasteiger partial charge on any atom is 0.471 e. The standard InChI is InChI=1S/C20H20F3N3O2S/c21-20(22,23)19(28)25-14-3-1-13(2-4-14)16-5-6-17(29-16)18(27)24-15-9-12-7-8-26(10-12)11-15/h1-6,12,15H,7-11H2,(H,24,27)(H,25,28). The van der Waals surface area contributed by atoms with Crippen LogP contribution in [0.25, 0.3) is 10.4 Å². The Morgan fingerprint density at radius 2 is 1.83 bits per heavy atom. The second-order valence-electron chi connectivity index (χ2n) is 7.51. The van der Waals surface area contributed by atoms with E-state index in [-0.39, 0.29) is 17.6 Å². The predicted octanol–water partition coefficient (Wildman–Crippen LogP) is 3.74. The van der Waals surface area contributed by atoms with Crippen molar-refractivity contribution in [2.75, 3.05) is 25.0 Å². The van der Waals surface area contributed by atoms with E-state index in [2.05, 4.69) is 10.2 Å². The van der Waals surface area contributed by atoms with Crippen molar-refractivity contribution in [3.05, 3.63) is 41.3 Å². The predicted molar refractivity (Wildman–Crippen MR) is 105 cm³/mol. The third-order valence-electron chi connectivity index (χ3n) is 5.32. The molecule has 2 amide bonds. The van der Waals surface area contributed by atoms with Gasteiger partial charge in [0.15, 0.2) is 0 Å². The summed E-state index contributed by atoms with van der Waals surface area (Å²) >= 11 is 1.33. The lowest BCUT2D eigenvalue weighted by Crippen LogP contribution is -2.46. The summed E-state index contributed by atoms with van der Waals surface area (Å²) in [5, 5.41) is 4.93. The fourth-order valence-electron chi connectivity index (χ4n) is 3.96. The number of fused-ring (bicyclic) bond motifs is 2. The Labute approximate surface area is 169 Å². The van der Waals surface area contributed by atoms with Crippen molar-refractivity contribution in [1.29, 1.82) is 0 Å². The smallest absolute Gasteiger partial charge is 0.347 e. The molecule has 2 aliphatic rings. The van der Waals surface area contributed by atoms with Gasteiger partial charge in [0, 0.05) is 29.7 Å². The molecule has 2 saturated heterocycles. The van der Waals surface area contributed by atoms with Gasteiger partial charge in [-0.1, -0.05) is 12.1 Å². The molecule has 9 heteroatoms. The second kappa shape index (κ2) is 7.79. The maximum absolute atomic E-state index is 12.6. The molecule has 2 N–H and O–H groups in total. The number of rotatable bonds is 4. The molecule has 2 aliphatic heterocycles. The minimum atomic E-state index is -4.93. The first kappa shape index (κ1) is 19.9. The van der Waals surface area contributed by atoms with Gasteiger partial charge in [-0.2, -0.15) is 13.2 Å². The lowest BCUT2D eigenvalue weighted by atomic mass is 9.97. The monoisotopic (exact) mass is 423 g/mol. The number of piperidine rings is 1. The molecular formula is C20H20F3N3O2S. The van der Waals surface area contributed by atoms with E-state index in [9.17, 15) is 22.8 Å². The highest BCUT2D eigenvalue weighted by Crippen LogP contribution is 2.30. The lowest BCUT2D eigenvalue weighted by Gasteiger charge is -2.30. The van der Waals surface area contributed by atoms with Gasteiger partial charge in [-0.05, 0) is 55.1 Å². The number of halogens is 3. The Morgan fingerprint density at radius 3 is 2.52 bits per heavy atom. The molecule has 5 nitrogen and oxygen atoms in total. The molecule has 3 atom stereocenters. The normalized spacial score (nSPS) is 23.6. The molecule has 3 unspecified atom stereocenters. The molecule has 2 bridgehead atoms. The summed E-state index contributed by atoms with van der Waals surface area (Å²) in [7, 11) is 0. The number of hydrogen-bond donors (Lipinski definition) is 2. The van der Waals surface area contributed by atoms with Crippen LogP contribution in [0.5, 0.6) is 0 Å². The maximum atomic E-state index is 12.6. The summed E-state index contributed by atoms with van der Waals surface area (Å²) in [6.45, 7) is 3.14. The molecule has 0 saturated carbocycles. The van der Waals surface area contributed by atoms with Gasteiger partial charge in [-0.25, -0.2) is 0 Å². The van der Waals surface area contributed by atoms with E-state index in [0.29, 0.717) is 10.8 Å². The minimum Gasteiger partial charge on any atom is -0.347 e. The van der Waals surface area contributed by atoms with Crippen LogP contribution in [-0.2, 0) is 4.79 Å². The summed E-state index contributed by atoms with van der Waals surface area (Å²) < 4.78 is 37.0. The zero-order valence-electron chi connectivity index (χ0n) is 15.5. The second-order valence-corrected chi connectivity index (χ2v) is 8.60. The molecule has 154 valence electrons. The zero-order valence-corrected chi connectivity index (χ0v) is 16.3. The molecule has 2 fully saturated rings. The van der Waals surface area contributed by atoms with Gasteiger partial charge in [0.1, 0.15) is 0 Å². The van der Waals surface area contributed by atoms with Crippen LogP contribution in [0.4, 0.5) is 18.9 Å². The van der Waals surface area contributed by atoms with Gasteiger partial charge in [0.05, 0.1) is 4.88 Å². The van der Waals surface area contributed by atoms with Crippen LogP contribution in [0.1, 0.15) is 22.5 Å². The molecule has 1 aromatic heterocycles. The van der Waals surface area contributed by atoms with Crippen molar-refractivity contribution in [3.8, 4) is 10.4 Å². The van der Waals surface area contributed by atoms with Crippen molar-refractivity contribution in [2.24, 2.45) is 5.92 Å². The van der Waals surface area contributed by atoms with E-state index in [4.69, 9.17) is 0 Å². The third kappa shape index (κ3) is 4.62. The Kier molecular flexibility index (Phi) is 5.35. The molecule has 3 heterocycles. The Hall–Kier alpha value is -2.39. The number of carbonyl (C=O) groups is 2. The highest BCUT2D eigenvalue weighted by atomic mass is 32.1. The zero-order chi connectivity index (χ0) is 20.6. The van der Waals surface area contributed by atoms with Gasteiger partial charge in [-0.3, -0.25) is 9.59 Å². The molecule has 0 spiro atoms. The Morgan fingerprint density at radius 1 is 1.07 bits per heavy atom. The van der Waals surface area contributed by atoms with Crippen molar-refractivity contribution >= 4 is 28.8 Å². The van der Waals surface area contributed by atoms with Crippen LogP contribution in [-0.4, -0.2) is 48.6 Å². The average molecular weight is 423 g/mol. The van der Waals surface area contributed by atoms with E-state index < -0.39 is 12.1 Å². The molecule has 0 aliphatic carbocycles. The van der Waals surface area contributed by atoms with Gasteiger partial charge < -0.3 is 15.5 Å². The fraction of sp³-hybridized carbons (Fsp3) is 0.400. The van der Waals surface area contributed by atoms with E-state index in [1.54, 1.807) is 18.2 Å². The number of carbonyl (C=O) groups excluding carboxylic acids is 2. The van der Waals surface area contributed by atoms with Gasteiger partial charge in [-0.15, -0.1) is 11.3 Å². The summed E-state index contributed by atoms with van der Waals surface area (Å²) in [4.78, 5) is 27.4. The van der Waals surface area contributed by atoms with Gasteiger partial charge >= 0.3 is 12.1 Å². The number of alkyl halides is 3. The average Bonchev–Trinajstić information content (AvgIpc) is 3.28. The van der Waals surface area contributed by atoms with Gasteiger partial charge in [0.25, 0.3) is 5.91 Å². The molecule has 29 heavy (non-hydrogen) atoms. The first-order valence-corrected chi connectivity index (χ1v) is 10.2. The summed E-state index contributed by atoms with van der Waals surface area (Å²) in [5.74, 6) is -1.43. The molecule has 2 aromatic rings. The van der Waals surface area contributed by atoms with Crippen LogP contribution < -0.4 is 10.6 Å². The van der Waals surface area contributed by atoms with E-state index in [0.717, 1.165) is 36.5 Å². The van der Waals surface area contributed by atoms with Crippen molar-refractivity contribution in [1.82, 2.24) is 10.2 Å². The Bertz CT molecular complexity index is 898. The molecule has 4 rings (SSSR count). The highest BCUT2D eigenvalue weighted by molar-refractivity contribution is 7.17. The molecular weight excluding hydrogens is 403 g/mol. The number of anilines is 1. The van der Waals surface area contributed by atoms with Crippen LogP contribution in [0.15, 0.2) is 36.4 Å². The van der Waals surface area contributed by atoms with E-state index >= 15 is 0 Å². The molecule has 1 aromatic carbocycles. The van der Waals surface area contributed by atoms with Crippen molar-refractivity contribution < 1.29 is 22.8 Å². The number of nitrogens with one attached hydrogen (secondary N) is 2. The third-order valence-corrected chi connectivity index (χ3v) is 6.45. The van der Waals surface area contributed by atoms with E-state index in [1.165, 1.54) is 29.9 Å².